The Morgan fingerprint density at radius 2 is 1.95 bits per heavy atom. The Balaban J connectivity index is 2.01. The first-order chi connectivity index (χ1) is 9.85. The number of carbonyl (C=O) groups excluding carboxylic acids is 3. The summed E-state index contributed by atoms with van der Waals surface area (Å²) in [5.74, 6) is -0.828. The number of hydrogen-bond acceptors (Lipinski definition) is 4. The zero-order valence-electron chi connectivity index (χ0n) is 12.0. The summed E-state index contributed by atoms with van der Waals surface area (Å²) in [6.45, 7) is 3.13. The highest BCUT2D eigenvalue weighted by Gasteiger charge is 2.46. The monoisotopic (exact) mass is 290 g/mol. The van der Waals surface area contributed by atoms with Crippen molar-refractivity contribution in [3.8, 4) is 0 Å². The van der Waals surface area contributed by atoms with E-state index in [1.54, 1.807) is 38.1 Å². The van der Waals surface area contributed by atoms with Crippen LogP contribution in [0.2, 0.25) is 0 Å². The van der Waals surface area contributed by atoms with Gasteiger partial charge in [0.05, 0.1) is 0 Å². The van der Waals surface area contributed by atoms with Crippen LogP contribution in [0, 0.1) is 0 Å². The Morgan fingerprint density at radius 3 is 2.48 bits per heavy atom. The van der Waals surface area contributed by atoms with Crippen LogP contribution in [0.1, 0.15) is 20.3 Å². The maximum absolute atomic E-state index is 12.1. The summed E-state index contributed by atoms with van der Waals surface area (Å²) < 4.78 is 0. The molecule has 7 heteroatoms. The minimum Gasteiger partial charge on any atom is -0.399 e. The lowest BCUT2D eigenvalue weighted by Gasteiger charge is -2.19. The molecule has 1 aliphatic rings. The molecule has 1 aromatic carbocycles. The topological polar surface area (TPSA) is 105 Å². The summed E-state index contributed by atoms with van der Waals surface area (Å²) in [5.41, 5.74) is 5.76. The van der Waals surface area contributed by atoms with Crippen molar-refractivity contribution in [2.75, 3.05) is 17.6 Å². The Morgan fingerprint density at radius 1 is 1.33 bits per heavy atom. The van der Waals surface area contributed by atoms with Crippen LogP contribution >= 0.6 is 0 Å². The molecule has 1 heterocycles. The SMILES string of the molecule is CCC1(C)NC(=O)N(CC(=O)Nc2ccc(N)cc2)C1=O. The number of nitrogen functional groups attached to an aromatic ring is 1. The minimum atomic E-state index is -0.932. The number of nitrogens with zero attached hydrogens (tertiary/aromatic N) is 1. The molecule has 7 nitrogen and oxygen atoms in total. The quantitative estimate of drug-likeness (QED) is 0.566. The van der Waals surface area contributed by atoms with E-state index in [-0.39, 0.29) is 12.5 Å². The van der Waals surface area contributed by atoms with Crippen molar-refractivity contribution in [2.45, 2.75) is 25.8 Å². The summed E-state index contributed by atoms with van der Waals surface area (Å²) in [4.78, 5) is 36.8. The maximum atomic E-state index is 12.1. The van der Waals surface area contributed by atoms with Crippen molar-refractivity contribution in [1.29, 1.82) is 0 Å². The lowest BCUT2D eigenvalue weighted by Crippen LogP contribution is -2.44. The molecule has 112 valence electrons. The van der Waals surface area contributed by atoms with Gasteiger partial charge in [-0.1, -0.05) is 6.92 Å². The number of anilines is 2. The molecule has 0 radical (unpaired) electrons. The third-order valence-corrected chi connectivity index (χ3v) is 3.55. The molecule has 0 aromatic heterocycles. The van der Waals surface area contributed by atoms with Gasteiger partial charge in [0.15, 0.2) is 0 Å². The zero-order chi connectivity index (χ0) is 15.6. The third kappa shape index (κ3) is 2.96. The molecule has 1 aromatic rings. The van der Waals surface area contributed by atoms with Gasteiger partial charge in [-0.25, -0.2) is 4.79 Å². The molecular weight excluding hydrogens is 272 g/mol. The van der Waals surface area contributed by atoms with Gasteiger partial charge in [0.1, 0.15) is 12.1 Å². The highest BCUT2D eigenvalue weighted by Crippen LogP contribution is 2.20. The molecule has 1 saturated heterocycles. The van der Waals surface area contributed by atoms with Crippen LogP contribution in [0.15, 0.2) is 24.3 Å². The smallest absolute Gasteiger partial charge is 0.325 e. The van der Waals surface area contributed by atoms with Crippen LogP contribution in [0.25, 0.3) is 0 Å². The molecule has 1 unspecified atom stereocenters. The first-order valence-corrected chi connectivity index (χ1v) is 6.65. The molecule has 0 bridgehead atoms. The van der Waals surface area contributed by atoms with Crippen molar-refractivity contribution in [3.63, 3.8) is 0 Å². The van der Waals surface area contributed by atoms with Crippen molar-refractivity contribution < 1.29 is 14.4 Å². The fourth-order valence-corrected chi connectivity index (χ4v) is 2.04. The van der Waals surface area contributed by atoms with Gasteiger partial charge < -0.3 is 16.4 Å². The average molecular weight is 290 g/mol. The second kappa shape index (κ2) is 5.43. The minimum absolute atomic E-state index is 0.315. The van der Waals surface area contributed by atoms with E-state index in [0.29, 0.717) is 17.8 Å². The van der Waals surface area contributed by atoms with E-state index < -0.39 is 17.5 Å². The number of imide groups is 1. The van der Waals surface area contributed by atoms with Crippen molar-refractivity contribution in [3.05, 3.63) is 24.3 Å². The summed E-state index contributed by atoms with van der Waals surface area (Å²) in [5, 5.41) is 5.21. The molecule has 2 rings (SSSR count). The Hall–Kier alpha value is -2.57. The van der Waals surface area contributed by atoms with Gasteiger partial charge in [-0.05, 0) is 37.6 Å². The summed E-state index contributed by atoms with van der Waals surface area (Å²) >= 11 is 0. The van der Waals surface area contributed by atoms with Crippen LogP contribution in [-0.2, 0) is 9.59 Å². The van der Waals surface area contributed by atoms with Crippen LogP contribution < -0.4 is 16.4 Å². The number of benzene rings is 1. The molecule has 4 amide bonds. The molecule has 21 heavy (non-hydrogen) atoms. The van der Waals surface area contributed by atoms with Gasteiger partial charge in [-0.15, -0.1) is 0 Å². The number of nitrogens with two attached hydrogens (primary N) is 1. The van der Waals surface area contributed by atoms with Crippen LogP contribution in [-0.4, -0.2) is 34.8 Å². The molecule has 1 atom stereocenters. The summed E-state index contributed by atoms with van der Waals surface area (Å²) in [6, 6.07) is 6.05. The number of amides is 4. The lowest BCUT2D eigenvalue weighted by molar-refractivity contribution is -0.133. The van der Waals surface area contributed by atoms with E-state index in [9.17, 15) is 14.4 Å². The molecule has 0 aliphatic carbocycles. The number of carbonyl (C=O) groups is 3. The van der Waals surface area contributed by atoms with Gasteiger partial charge in [0, 0.05) is 11.4 Å². The number of rotatable bonds is 4. The van der Waals surface area contributed by atoms with E-state index in [2.05, 4.69) is 10.6 Å². The van der Waals surface area contributed by atoms with Crippen molar-refractivity contribution >= 4 is 29.2 Å². The largest absolute Gasteiger partial charge is 0.399 e. The molecular formula is C14H18N4O3. The number of urea groups is 1. The second-order valence-electron chi connectivity index (χ2n) is 5.18. The zero-order valence-corrected chi connectivity index (χ0v) is 12.0. The van der Waals surface area contributed by atoms with Crippen LogP contribution in [0.5, 0.6) is 0 Å². The van der Waals surface area contributed by atoms with E-state index in [1.807, 2.05) is 0 Å². The van der Waals surface area contributed by atoms with Gasteiger partial charge in [0.2, 0.25) is 5.91 Å². The summed E-state index contributed by atoms with van der Waals surface area (Å²) in [7, 11) is 0. The first-order valence-electron chi connectivity index (χ1n) is 6.65. The fraction of sp³-hybridized carbons (Fsp3) is 0.357. The standard InChI is InChI=1S/C14H18N4O3/c1-3-14(2)12(20)18(13(21)17-14)8-11(19)16-10-6-4-9(15)5-7-10/h4-7H,3,8,15H2,1-2H3,(H,16,19)(H,17,21). The van der Waals surface area contributed by atoms with Gasteiger partial charge >= 0.3 is 6.03 Å². The normalized spacial score (nSPS) is 21.3. The second-order valence-corrected chi connectivity index (χ2v) is 5.18. The highest BCUT2D eigenvalue weighted by molar-refractivity contribution is 6.09. The van der Waals surface area contributed by atoms with Crippen molar-refractivity contribution in [2.24, 2.45) is 0 Å². The molecule has 0 saturated carbocycles. The number of nitrogens with one attached hydrogen (secondary N) is 2. The number of hydrogen-bond donors (Lipinski definition) is 3. The molecule has 1 aliphatic heterocycles. The van der Waals surface area contributed by atoms with E-state index in [1.165, 1.54) is 0 Å². The third-order valence-electron chi connectivity index (χ3n) is 3.55. The van der Waals surface area contributed by atoms with Gasteiger partial charge in [-0.2, -0.15) is 0 Å². The Bertz CT molecular complexity index is 584. The van der Waals surface area contributed by atoms with E-state index >= 15 is 0 Å². The van der Waals surface area contributed by atoms with Crippen LogP contribution in [0.4, 0.5) is 16.2 Å². The first kappa shape index (κ1) is 14.8. The Kier molecular flexibility index (Phi) is 3.84. The molecule has 0 spiro atoms. The van der Waals surface area contributed by atoms with Crippen molar-refractivity contribution in [1.82, 2.24) is 10.2 Å². The highest BCUT2D eigenvalue weighted by atomic mass is 16.2. The van der Waals surface area contributed by atoms with E-state index in [4.69, 9.17) is 5.73 Å². The fourth-order valence-electron chi connectivity index (χ4n) is 2.04. The summed E-state index contributed by atoms with van der Waals surface area (Å²) in [6.07, 6.45) is 0.466. The lowest BCUT2D eigenvalue weighted by atomic mass is 9.99. The van der Waals surface area contributed by atoms with E-state index in [0.717, 1.165) is 4.90 Å². The van der Waals surface area contributed by atoms with Crippen LogP contribution in [0.3, 0.4) is 0 Å². The average Bonchev–Trinajstić information content (AvgIpc) is 2.66. The van der Waals surface area contributed by atoms with Gasteiger partial charge in [-0.3, -0.25) is 14.5 Å². The predicted molar refractivity (Wildman–Crippen MR) is 78.4 cm³/mol. The predicted octanol–water partition coefficient (Wildman–Crippen LogP) is 0.928. The maximum Gasteiger partial charge on any atom is 0.325 e. The molecule has 4 N–H and O–H groups in total. The molecule has 1 fully saturated rings. The van der Waals surface area contributed by atoms with Gasteiger partial charge in [0.25, 0.3) is 5.91 Å². The Labute approximate surface area is 122 Å².